The normalized spacial score (nSPS) is 18.1. The average molecular weight is 385 g/mol. The summed E-state index contributed by atoms with van der Waals surface area (Å²) in [6.07, 6.45) is 1.97. The van der Waals surface area contributed by atoms with Gasteiger partial charge in [0.2, 0.25) is 10.0 Å². The summed E-state index contributed by atoms with van der Waals surface area (Å²) < 4.78 is 31.9. The number of ether oxygens (including phenoxy) is 1. The number of carbonyl (C=O) groups is 1. The summed E-state index contributed by atoms with van der Waals surface area (Å²) in [5, 5.41) is 0. The first-order valence-electron chi connectivity index (χ1n) is 9.00. The predicted octanol–water partition coefficient (Wildman–Crippen LogP) is 1.04. The summed E-state index contributed by atoms with van der Waals surface area (Å²) >= 11 is 0. The van der Waals surface area contributed by atoms with Crippen molar-refractivity contribution in [2.24, 2.45) is 0 Å². The quantitative estimate of drug-likeness (QED) is 0.719. The minimum absolute atomic E-state index is 0.132. The van der Waals surface area contributed by atoms with Crippen LogP contribution in [0, 0.1) is 13.8 Å². The summed E-state index contributed by atoms with van der Waals surface area (Å²) in [4.78, 5) is 23.0. The van der Waals surface area contributed by atoms with Gasteiger partial charge < -0.3 is 9.64 Å². The number of rotatable bonds is 8. The summed E-state index contributed by atoms with van der Waals surface area (Å²) in [5.74, 6) is 0.523. The van der Waals surface area contributed by atoms with E-state index in [9.17, 15) is 13.2 Å². The highest BCUT2D eigenvalue weighted by Gasteiger charge is 2.29. The van der Waals surface area contributed by atoms with Crippen LogP contribution >= 0.6 is 0 Å². The van der Waals surface area contributed by atoms with Crippen molar-refractivity contribution in [3.63, 3.8) is 0 Å². The Morgan fingerprint density at radius 2 is 2.15 bits per heavy atom. The van der Waals surface area contributed by atoms with Crippen LogP contribution in [0.5, 0.6) is 0 Å². The fourth-order valence-corrected chi connectivity index (χ4v) is 4.16. The minimum atomic E-state index is -3.26. The van der Waals surface area contributed by atoms with E-state index < -0.39 is 10.0 Å². The molecule has 0 bridgehead atoms. The Labute approximate surface area is 155 Å². The van der Waals surface area contributed by atoms with E-state index in [1.807, 2.05) is 13.8 Å². The van der Waals surface area contributed by atoms with Crippen molar-refractivity contribution >= 4 is 15.9 Å². The molecule has 1 unspecified atom stereocenters. The van der Waals surface area contributed by atoms with E-state index in [2.05, 4.69) is 14.7 Å². The minimum Gasteiger partial charge on any atom is -0.377 e. The van der Waals surface area contributed by atoms with Gasteiger partial charge in [-0.2, -0.15) is 0 Å². The first kappa shape index (κ1) is 20.7. The van der Waals surface area contributed by atoms with Gasteiger partial charge in [0.05, 0.1) is 25.0 Å². The van der Waals surface area contributed by atoms with Crippen LogP contribution in [0.2, 0.25) is 0 Å². The monoisotopic (exact) mass is 384 g/mol. The highest BCUT2D eigenvalue weighted by molar-refractivity contribution is 7.89. The molecule has 0 radical (unpaired) electrons. The molecule has 0 spiro atoms. The molecule has 146 valence electrons. The Morgan fingerprint density at radius 1 is 1.38 bits per heavy atom. The number of hydrogen-bond acceptors (Lipinski definition) is 6. The van der Waals surface area contributed by atoms with Crippen molar-refractivity contribution in [3.8, 4) is 0 Å². The number of nitrogens with zero attached hydrogens (tertiary/aromatic N) is 3. The van der Waals surface area contributed by atoms with Gasteiger partial charge in [-0.05, 0) is 32.8 Å². The lowest BCUT2D eigenvalue weighted by Gasteiger charge is -2.35. The summed E-state index contributed by atoms with van der Waals surface area (Å²) in [5.41, 5.74) is 1.11. The predicted molar refractivity (Wildman–Crippen MR) is 98.5 cm³/mol. The van der Waals surface area contributed by atoms with Gasteiger partial charge in [-0.15, -0.1) is 0 Å². The molecule has 1 saturated heterocycles. The van der Waals surface area contributed by atoms with Gasteiger partial charge in [0, 0.05) is 18.8 Å². The number of sulfonamides is 1. The smallest absolute Gasteiger partial charge is 0.273 e. The zero-order chi connectivity index (χ0) is 19.2. The van der Waals surface area contributed by atoms with Crippen LogP contribution in [0.1, 0.15) is 48.2 Å². The number of amides is 1. The molecule has 1 atom stereocenters. The highest BCUT2D eigenvalue weighted by Crippen LogP contribution is 2.15. The molecule has 2 heterocycles. The maximum absolute atomic E-state index is 12.9. The van der Waals surface area contributed by atoms with Crippen molar-refractivity contribution < 1.29 is 17.9 Å². The fourth-order valence-electron chi connectivity index (χ4n) is 2.92. The number of unbranched alkanes of at least 4 members (excludes halogenated alkanes) is 1. The number of morpholine rings is 1. The lowest BCUT2D eigenvalue weighted by molar-refractivity contribution is -0.00399. The standard InChI is InChI=1S/C17H28N4O4S/c1-4-5-10-26(23,24)18-7-6-15-12-25-9-8-21(15)17(22)16-11-13(2)19-14(3)20-16/h11,15,18H,4-10,12H2,1-3H3. The van der Waals surface area contributed by atoms with E-state index in [1.165, 1.54) is 0 Å². The van der Waals surface area contributed by atoms with Gasteiger partial charge in [0.25, 0.3) is 5.91 Å². The Kier molecular flexibility index (Phi) is 7.48. The van der Waals surface area contributed by atoms with Crippen molar-refractivity contribution in [1.82, 2.24) is 19.6 Å². The van der Waals surface area contributed by atoms with E-state index in [0.717, 1.165) is 12.1 Å². The highest BCUT2D eigenvalue weighted by atomic mass is 32.2. The van der Waals surface area contributed by atoms with Gasteiger partial charge in [-0.25, -0.2) is 23.1 Å². The van der Waals surface area contributed by atoms with Crippen molar-refractivity contribution in [1.29, 1.82) is 0 Å². The van der Waals surface area contributed by atoms with Crippen LogP contribution in [0.3, 0.4) is 0 Å². The fraction of sp³-hybridized carbons (Fsp3) is 0.706. The zero-order valence-corrected chi connectivity index (χ0v) is 16.5. The van der Waals surface area contributed by atoms with Gasteiger partial charge in [0.15, 0.2) is 0 Å². The van der Waals surface area contributed by atoms with Gasteiger partial charge in [0.1, 0.15) is 11.5 Å². The number of nitrogens with one attached hydrogen (secondary N) is 1. The molecule has 1 N–H and O–H groups in total. The SMILES string of the molecule is CCCCS(=O)(=O)NCCC1COCCN1C(=O)c1cc(C)nc(C)n1. The van der Waals surface area contributed by atoms with Crippen LogP contribution in [-0.4, -0.2) is 67.3 Å². The van der Waals surface area contributed by atoms with Gasteiger partial charge >= 0.3 is 0 Å². The molecule has 26 heavy (non-hydrogen) atoms. The molecule has 1 aromatic heterocycles. The van der Waals surface area contributed by atoms with Crippen LogP contribution in [0.25, 0.3) is 0 Å². The lowest BCUT2D eigenvalue weighted by Crippen LogP contribution is -2.50. The third-order valence-corrected chi connectivity index (χ3v) is 5.71. The molecule has 0 aromatic carbocycles. The van der Waals surface area contributed by atoms with Crippen LogP contribution in [0.15, 0.2) is 6.07 Å². The Bertz CT molecular complexity index is 703. The van der Waals surface area contributed by atoms with Crippen LogP contribution < -0.4 is 4.72 Å². The van der Waals surface area contributed by atoms with E-state index in [0.29, 0.717) is 44.1 Å². The molecule has 0 saturated carbocycles. The largest absolute Gasteiger partial charge is 0.377 e. The summed E-state index contributed by atoms with van der Waals surface area (Å²) in [6, 6.07) is 1.50. The summed E-state index contributed by atoms with van der Waals surface area (Å²) in [6.45, 7) is 7.15. The molecular weight excluding hydrogens is 356 g/mol. The van der Waals surface area contributed by atoms with Crippen LogP contribution in [0.4, 0.5) is 0 Å². The van der Waals surface area contributed by atoms with E-state index in [-0.39, 0.29) is 24.2 Å². The topological polar surface area (TPSA) is 101 Å². The average Bonchev–Trinajstić information content (AvgIpc) is 2.59. The third-order valence-electron chi connectivity index (χ3n) is 4.24. The molecule has 2 rings (SSSR count). The number of carbonyl (C=O) groups excluding carboxylic acids is 1. The first-order valence-corrected chi connectivity index (χ1v) is 10.7. The van der Waals surface area contributed by atoms with Crippen LogP contribution in [-0.2, 0) is 14.8 Å². The second-order valence-electron chi connectivity index (χ2n) is 6.52. The molecule has 0 aliphatic carbocycles. The molecule has 1 aliphatic rings. The second-order valence-corrected chi connectivity index (χ2v) is 8.45. The molecule has 8 nitrogen and oxygen atoms in total. The Hall–Kier alpha value is -1.58. The van der Waals surface area contributed by atoms with E-state index in [1.54, 1.807) is 17.9 Å². The molecule has 1 amide bonds. The molecule has 1 aromatic rings. The second kappa shape index (κ2) is 9.38. The van der Waals surface area contributed by atoms with Crippen molar-refractivity contribution in [2.75, 3.05) is 32.1 Å². The molecule has 9 heteroatoms. The van der Waals surface area contributed by atoms with E-state index in [4.69, 9.17) is 4.74 Å². The van der Waals surface area contributed by atoms with E-state index >= 15 is 0 Å². The van der Waals surface area contributed by atoms with Crippen molar-refractivity contribution in [2.45, 2.75) is 46.1 Å². The van der Waals surface area contributed by atoms with Gasteiger partial charge in [-0.1, -0.05) is 13.3 Å². The third kappa shape index (κ3) is 6.00. The summed E-state index contributed by atoms with van der Waals surface area (Å²) in [7, 11) is -3.26. The Balaban J connectivity index is 1.99. The maximum atomic E-state index is 12.9. The van der Waals surface area contributed by atoms with Gasteiger partial charge in [-0.3, -0.25) is 4.79 Å². The number of hydrogen-bond donors (Lipinski definition) is 1. The Morgan fingerprint density at radius 3 is 2.85 bits per heavy atom. The first-order chi connectivity index (χ1) is 12.3. The van der Waals surface area contributed by atoms with Crippen molar-refractivity contribution in [3.05, 3.63) is 23.3 Å². The maximum Gasteiger partial charge on any atom is 0.273 e. The zero-order valence-electron chi connectivity index (χ0n) is 15.7. The molecular formula is C17H28N4O4S. The lowest BCUT2D eigenvalue weighted by atomic mass is 10.1. The molecule has 1 fully saturated rings. The number of aromatic nitrogens is 2. The molecule has 1 aliphatic heterocycles. The number of aryl methyl sites for hydroxylation is 2.